The average molecular weight is 224 g/mol. The number of hydrogen-bond acceptors (Lipinski definition) is 3. The Labute approximate surface area is 84.7 Å². The van der Waals surface area contributed by atoms with Crippen molar-refractivity contribution in [3.05, 3.63) is 0 Å². The Morgan fingerprint density at radius 1 is 1.15 bits per heavy atom. The van der Waals surface area contributed by atoms with E-state index in [0.29, 0.717) is 17.1 Å². The largest absolute Gasteiger partial charge is 0.364 e. The lowest BCUT2D eigenvalue weighted by molar-refractivity contribution is 0.282. The van der Waals surface area contributed by atoms with E-state index >= 15 is 0 Å². The topological polar surface area (TPSA) is 35.5 Å². The van der Waals surface area contributed by atoms with Gasteiger partial charge in [-0.1, -0.05) is 39.0 Å². The molecule has 1 atom stereocenters. The summed E-state index contributed by atoms with van der Waals surface area (Å²) in [7, 11) is -1.61. The van der Waals surface area contributed by atoms with Gasteiger partial charge in [0.2, 0.25) is 0 Å². The predicted molar refractivity (Wildman–Crippen MR) is 59.4 cm³/mol. The summed E-state index contributed by atoms with van der Waals surface area (Å²) in [6, 6.07) is 0. The second-order valence-electron chi connectivity index (χ2n) is 3.07. The molecule has 0 bridgehead atoms. The van der Waals surface area contributed by atoms with E-state index in [9.17, 15) is 4.57 Å². The fourth-order valence-electron chi connectivity index (χ4n) is 1.10. The third kappa shape index (κ3) is 10.3. The van der Waals surface area contributed by atoms with Gasteiger partial charge in [0.05, 0.1) is 6.61 Å². The molecule has 0 aliphatic carbocycles. The Morgan fingerprint density at radius 2 is 1.77 bits per heavy atom. The lowest BCUT2D eigenvalue weighted by atomic mass is 10.1. The van der Waals surface area contributed by atoms with Gasteiger partial charge in [0.15, 0.2) is 10.5 Å². The molecule has 0 saturated heterocycles. The van der Waals surface area contributed by atoms with Crippen molar-refractivity contribution in [1.82, 2.24) is 0 Å². The molecule has 5 heteroatoms. The van der Waals surface area contributed by atoms with E-state index in [2.05, 4.69) is 11.1 Å². The minimum atomic E-state index is -2.11. The summed E-state index contributed by atoms with van der Waals surface area (Å²) in [5.41, 5.74) is 0. The van der Waals surface area contributed by atoms with Crippen LogP contribution in [-0.4, -0.2) is 17.1 Å². The highest BCUT2D eigenvalue weighted by atomic mass is 31.1. The van der Waals surface area contributed by atoms with Gasteiger partial charge in [-0.25, -0.2) is 0 Å². The van der Waals surface area contributed by atoms with E-state index in [1.165, 1.54) is 32.1 Å². The van der Waals surface area contributed by atoms with Crippen LogP contribution in [0.1, 0.15) is 45.4 Å². The molecule has 0 aromatic heterocycles. The van der Waals surface area contributed by atoms with Crippen LogP contribution in [0.2, 0.25) is 0 Å². The molecule has 0 rings (SSSR count). The highest BCUT2D eigenvalue weighted by Gasteiger charge is 1.94. The second-order valence-corrected chi connectivity index (χ2v) is 5.49. The van der Waals surface area contributed by atoms with Crippen LogP contribution in [0, 0.1) is 0 Å². The number of unbranched alkanes of at least 4 members (excludes halogenated alkanes) is 5. The Balaban J connectivity index is 2.95. The quantitative estimate of drug-likeness (QED) is 0.341. The first kappa shape index (κ1) is 13.4. The molecule has 0 aliphatic rings. The molecule has 13 heavy (non-hydrogen) atoms. The van der Waals surface area contributed by atoms with Crippen LogP contribution in [0.5, 0.6) is 0 Å². The Bertz CT molecular complexity index is 133. The van der Waals surface area contributed by atoms with Crippen molar-refractivity contribution >= 4 is 18.7 Å². The molecule has 0 aromatic rings. The van der Waals surface area contributed by atoms with E-state index in [4.69, 9.17) is 4.52 Å². The van der Waals surface area contributed by atoms with Gasteiger partial charge in [-0.2, -0.15) is 0 Å². The first-order valence-electron chi connectivity index (χ1n) is 5.02. The third-order valence-electron chi connectivity index (χ3n) is 1.88. The molecular formula is C8H21O3PSi. The van der Waals surface area contributed by atoms with Gasteiger partial charge in [-0.05, 0) is 6.42 Å². The fraction of sp³-hybridized carbons (Fsp3) is 1.00. The second kappa shape index (κ2) is 10.4. The minimum absolute atomic E-state index is 0.501. The maximum atomic E-state index is 10.7. The first-order chi connectivity index (χ1) is 6.31. The van der Waals surface area contributed by atoms with Crippen molar-refractivity contribution in [2.75, 3.05) is 6.61 Å². The van der Waals surface area contributed by atoms with Crippen LogP contribution in [0.15, 0.2) is 0 Å². The highest BCUT2D eigenvalue weighted by Crippen LogP contribution is 2.21. The van der Waals surface area contributed by atoms with E-state index in [1.54, 1.807) is 0 Å². The maximum Gasteiger partial charge on any atom is 0.308 e. The van der Waals surface area contributed by atoms with Crippen LogP contribution in [0.4, 0.5) is 0 Å². The molecule has 0 heterocycles. The summed E-state index contributed by atoms with van der Waals surface area (Å²) in [5.74, 6) is 0. The standard InChI is InChI=1S/C8H21O3PSi/c1-2-3-4-5-6-7-8-10-12(9)11-13/h12H,2-8H2,1,13H3. The van der Waals surface area contributed by atoms with Gasteiger partial charge in [0.25, 0.3) is 0 Å². The summed E-state index contributed by atoms with van der Waals surface area (Å²) in [6.45, 7) is 2.80. The molecule has 0 spiro atoms. The summed E-state index contributed by atoms with van der Waals surface area (Å²) in [4.78, 5) is 0. The maximum absolute atomic E-state index is 10.7. The van der Waals surface area contributed by atoms with Gasteiger partial charge in [0.1, 0.15) is 0 Å². The van der Waals surface area contributed by atoms with Gasteiger partial charge in [0, 0.05) is 0 Å². The summed E-state index contributed by atoms with van der Waals surface area (Å²) >= 11 is 0. The van der Waals surface area contributed by atoms with Gasteiger partial charge >= 0.3 is 8.25 Å². The van der Waals surface area contributed by atoms with Crippen molar-refractivity contribution in [1.29, 1.82) is 0 Å². The van der Waals surface area contributed by atoms with Crippen molar-refractivity contribution in [2.45, 2.75) is 45.4 Å². The molecule has 0 aliphatic heterocycles. The molecule has 0 fully saturated rings. The Hall–Kier alpha value is 0.367. The lowest BCUT2D eigenvalue weighted by Gasteiger charge is -2.02. The molecule has 0 radical (unpaired) electrons. The van der Waals surface area contributed by atoms with Crippen LogP contribution in [0.3, 0.4) is 0 Å². The van der Waals surface area contributed by atoms with Crippen molar-refractivity contribution < 1.29 is 13.3 Å². The molecular weight excluding hydrogens is 203 g/mol. The summed E-state index contributed by atoms with van der Waals surface area (Å²) < 4.78 is 20.3. The molecule has 3 nitrogen and oxygen atoms in total. The van der Waals surface area contributed by atoms with E-state index in [0.717, 1.165) is 6.42 Å². The normalized spacial score (nSPS) is 13.3. The highest BCUT2D eigenvalue weighted by molar-refractivity contribution is 7.34. The minimum Gasteiger partial charge on any atom is -0.364 e. The van der Waals surface area contributed by atoms with Gasteiger partial charge < -0.3 is 8.74 Å². The van der Waals surface area contributed by atoms with E-state index in [-0.39, 0.29) is 0 Å². The molecule has 0 aromatic carbocycles. The zero-order valence-corrected chi connectivity index (χ0v) is 11.7. The zero-order valence-electron chi connectivity index (χ0n) is 8.67. The Morgan fingerprint density at radius 3 is 2.38 bits per heavy atom. The van der Waals surface area contributed by atoms with Gasteiger partial charge in [-0.15, -0.1) is 0 Å². The SMILES string of the molecule is CCCCCCCCO[PH](=O)O[SiH3]. The fourth-order valence-corrected chi connectivity index (χ4v) is 1.88. The van der Waals surface area contributed by atoms with E-state index in [1.807, 2.05) is 0 Å². The molecule has 0 amide bonds. The summed E-state index contributed by atoms with van der Waals surface area (Å²) in [6.07, 6.45) is 7.35. The monoisotopic (exact) mass is 224 g/mol. The smallest absolute Gasteiger partial charge is 0.308 e. The Kier molecular flexibility index (Phi) is 10.7. The van der Waals surface area contributed by atoms with Crippen molar-refractivity contribution in [3.63, 3.8) is 0 Å². The lowest BCUT2D eigenvalue weighted by Crippen LogP contribution is -1.88. The van der Waals surface area contributed by atoms with Crippen molar-refractivity contribution in [3.8, 4) is 0 Å². The molecule has 0 saturated carbocycles. The summed E-state index contributed by atoms with van der Waals surface area (Å²) in [5, 5.41) is 0. The van der Waals surface area contributed by atoms with Crippen LogP contribution < -0.4 is 0 Å². The predicted octanol–water partition coefficient (Wildman–Crippen LogP) is 2.05. The zero-order chi connectivity index (χ0) is 9.94. The van der Waals surface area contributed by atoms with Crippen LogP contribution >= 0.6 is 8.25 Å². The van der Waals surface area contributed by atoms with Gasteiger partial charge in [-0.3, -0.25) is 4.57 Å². The average Bonchev–Trinajstić information content (AvgIpc) is 2.16. The molecule has 1 unspecified atom stereocenters. The van der Waals surface area contributed by atoms with Crippen molar-refractivity contribution in [2.24, 2.45) is 0 Å². The van der Waals surface area contributed by atoms with Crippen LogP contribution in [-0.2, 0) is 13.3 Å². The van der Waals surface area contributed by atoms with Crippen LogP contribution in [0.25, 0.3) is 0 Å². The molecule has 80 valence electrons. The molecule has 0 N–H and O–H groups in total. The third-order valence-corrected chi connectivity index (χ3v) is 3.66. The first-order valence-corrected chi connectivity index (χ1v) is 7.06. The van der Waals surface area contributed by atoms with E-state index < -0.39 is 8.25 Å². The number of hydrogen-bond donors (Lipinski definition) is 0. The number of rotatable bonds is 9.